The fourth-order valence-corrected chi connectivity index (χ4v) is 2.35. The number of nitrogens with one attached hydrogen (secondary N) is 1. The van der Waals surface area contributed by atoms with Gasteiger partial charge in [-0.15, -0.1) is 0 Å². The molecule has 2 aromatic rings. The second-order valence-corrected chi connectivity index (χ2v) is 5.04. The molecule has 1 aromatic carbocycles. The summed E-state index contributed by atoms with van der Waals surface area (Å²) in [7, 11) is 3.79. The predicted octanol–water partition coefficient (Wildman–Crippen LogP) is 3.02. The Balaban J connectivity index is 2.23. The van der Waals surface area contributed by atoms with Gasteiger partial charge in [0.1, 0.15) is 5.82 Å². The Labute approximate surface area is 117 Å². The predicted molar refractivity (Wildman–Crippen MR) is 74.9 cm³/mol. The Hall–Kier alpha value is -1.39. The maximum absolute atomic E-state index is 13.5. The Bertz CT molecular complexity index is 580. The van der Waals surface area contributed by atoms with Crippen LogP contribution in [-0.4, -0.2) is 16.8 Å². The summed E-state index contributed by atoms with van der Waals surface area (Å²) in [4.78, 5) is 0. The minimum atomic E-state index is -0.378. The number of halogens is 2. The number of aromatic nitrogens is 2. The van der Waals surface area contributed by atoms with Crippen molar-refractivity contribution in [2.24, 2.45) is 7.05 Å². The molecule has 1 unspecified atom stereocenters. The van der Waals surface area contributed by atoms with Crippen LogP contribution in [0.15, 0.2) is 24.4 Å². The molecule has 0 aliphatic carbocycles. The van der Waals surface area contributed by atoms with Crippen molar-refractivity contribution < 1.29 is 4.39 Å². The normalized spacial score (nSPS) is 12.7. The van der Waals surface area contributed by atoms with Crippen LogP contribution in [0.1, 0.15) is 22.9 Å². The van der Waals surface area contributed by atoms with Crippen molar-refractivity contribution >= 4 is 11.6 Å². The van der Waals surface area contributed by atoms with E-state index >= 15 is 0 Å². The van der Waals surface area contributed by atoms with Gasteiger partial charge < -0.3 is 5.32 Å². The molecule has 1 heterocycles. The molecule has 0 aliphatic rings. The molecule has 0 bridgehead atoms. The van der Waals surface area contributed by atoms with Crippen molar-refractivity contribution in [3.8, 4) is 0 Å². The standard InChI is InChI=1S/C14H17ClFN3/c1-9-11(8-19(3)18-9)14(17-2)7-10-4-5-12(15)13(16)6-10/h4-6,8,14,17H,7H2,1-3H3. The van der Waals surface area contributed by atoms with Gasteiger partial charge in [-0.25, -0.2) is 4.39 Å². The van der Waals surface area contributed by atoms with Gasteiger partial charge in [-0.05, 0) is 38.1 Å². The van der Waals surface area contributed by atoms with Gasteiger partial charge in [-0.1, -0.05) is 17.7 Å². The largest absolute Gasteiger partial charge is 0.313 e. The third-order valence-electron chi connectivity index (χ3n) is 3.20. The maximum Gasteiger partial charge on any atom is 0.142 e. The summed E-state index contributed by atoms with van der Waals surface area (Å²) < 4.78 is 15.2. The summed E-state index contributed by atoms with van der Waals surface area (Å²) in [5, 5.41) is 7.74. The van der Waals surface area contributed by atoms with Crippen molar-refractivity contribution in [1.82, 2.24) is 15.1 Å². The van der Waals surface area contributed by atoms with Gasteiger partial charge >= 0.3 is 0 Å². The molecule has 19 heavy (non-hydrogen) atoms. The van der Waals surface area contributed by atoms with Gasteiger partial charge in [-0.2, -0.15) is 5.10 Å². The number of benzene rings is 1. The molecule has 102 valence electrons. The molecular formula is C14H17ClFN3. The molecule has 0 spiro atoms. The molecule has 0 amide bonds. The van der Waals surface area contributed by atoms with Crippen LogP contribution < -0.4 is 5.32 Å². The quantitative estimate of drug-likeness (QED) is 0.934. The van der Waals surface area contributed by atoms with Crippen molar-refractivity contribution in [2.75, 3.05) is 7.05 Å². The first kappa shape index (κ1) is 14.0. The number of hydrogen-bond donors (Lipinski definition) is 1. The zero-order valence-electron chi connectivity index (χ0n) is 11.2. The molecule has 5 heteroatoms. The highest BCUT2D eigenvalue weighted by atomic mass is 35.5. The van der Waals surface area contributed by atoms with Crippen LogP contribution >= 0.6 is 11.6 Å². The number of nitrogens with zero attached hydrogens (tertiary/aromatic N) is 2. The van der Waals surface area contributed by atoms with E-state index in [0.717, 1.165) is 16.8 Å². The van der Waals surface area contributed by atoms with Gasteiger partial charge in [0, 0.05) is 24.8 Å². The van der Waals surface area contributed by atoms with E-state index < -0.39 is 0 Å². The van der Waals surface area contributed by atoms with Crippen LogP contribution in [0.2, 0.25) is 5.02 Å². The molecular weight excluding hydrogens is 265 g/mol. The average molecular weight is 282 g/mol. The van der Waals surface area contributed by atoms with Gasteiger partial charge in [0.05, 0.1) is 10.7 Å². The van der Waals surface area contributed by atoms with Crippen LogP contribution in [0, 0.1) is 12.7 Å². The van der Waals surface area contributed by atoms with Crippen LogP contribution in [0.4, 0.5) is 4.39 Å². The van der Waals surface area contributed by atoms with E-state index in [0.29, 0.717) is 6.42 Å². The monoisotopic (exact) mass is 281 g/mol. The van der Waals surface area contributed by atoms with Crippen molar-refractivity contribution in [3.05, 3.63) is 52.1 Å². The smallest absolute Gasteiger partial charge is 0.142 e. The molecule has 1 atom stereocenters. The van der Waals surface area contributed by atoms with Crippen LogP contribution in [0.25, 0.3) is 0 Å². The molecule has 0 saturated heterocycles. The number of aryl methyl sites for hydroxylation is 2. The molecule has 0 fully saturated rings. The Morgan fingerprint density at radius 2 is 2.21 bits per heavy atom. The first-order chi connectivity index (χ1) is 9.01. The summed E-state index contributed by atoms with van der Waals surface area (Å²) in [5.41, 5.74) is 3.01. The second-order valence-electron chi connectivity index (χ2n) is 4.64. The summed E-state index contributed by atoms with van der Waals surface area (Å²) in [5.74, 6) is -0.378. The van der Waals surface area contributed by atoms with E-state index in [1.54, 1.807) is 10.7 Å². The lowest BCUT2D eigenvalue weighted by Crippen LogP contribution is -2.19. The zero-order valence-corrected chi connectivity index (χ0v) is 12.0. The zero-order chi connectivity index (χ0) is 14.0. The van der Waals surface area contributed by atoms with E-state index in [1.165, 1.54) is 6.07 Å². The van der Waals surface area contributed by atoms with E-state index in [4.69, 9.17) is 11.6 Å². The first-order valence-corrected chi connectivity index (χ1v) is 6.50. The van der Waals surface area contributed by atoms with Gasteiger partial charge in [0.25, 0.3) is 0 Å². The Morgan fingerprint density at radius 3 is 2.74 bits per heavy atom. The van der Waals surface area contributed by atoms with E-state index in [2.05, 4.69) is 10.4 Å². The van der Waals surface area contributed by atoms with Gasteiger partial charge in [0.15, 0.2) is 0 Å². The molecule has 0 saturated carbocycles. The highest BCUT2D eigenvalue weighted by molar-refractivity contribution is 6.30. The van der Waals surface area contributed by atoms with Crippen LogP contribution in [0.3, 0.4) is 0 Å². The fraction of sp³-hybridized carbons (Fsp3) is 0.357. The minimum absolute atomic E-state index is 0.106. The highest BCUT2D eigenvalue weighted by Gasteiger charge is 2.16. The number of likely N-dealkylation sites (N-methyl/N-ethyl adjacent to an activating group) is 1. The summed E-state index contributed by atoms with van der Waals surface area (Å²) >= 11 is 5.69. The lowest BCUT2D eigenvalue weighted by atomic mass is 9.99. The highest BCUT2D eigenvalue weighted by Crippen LogP contribution is 2.23. The van der Waals surface area contributed by atoms with Gasteiger partial charge in [0.2, 0.25) is 0 Å². The SMILES string of the molecule is CNC(Cc1ccc(Cl)c(F)c1)c1cn(C)nc1C. The first-order valence-electron chi connectivity index (χ1n) is 6.12. The number of rotatable bonds is 4. The fourth-order valence-electron chi connectivity index (χ4n) is 2.23. The summed E-state index contributed by atoms with van der Waals surface area (Å²) in [6.07, 6.45) is 2.68. The molecule has 2 rings (SSSR count). The number of hydrogen-bond acceptors (Lipinski definition) is 2. The third kappa shape index (κ3) is 3.14. The summed E-state index contributed by atoms with van der Waals surface area (Å²) in [6, 6.07) is 5.03. The molecule has 1 N–H and O–H groups in total. The third-order valence-corrected chi connectivity index (χ3v) is 3.51. The molecule has 3 nitrogen and oxygen atoms in total. The summed E-state index contributed by atoms with van der Waals surface area (Å²) in [6.45, 7) is 1.97. The van der Waals surface area contributed by atoms with Crippen LogP contribution in [0.5, 0.6) is 0 Å². The topological polar surface area (TPSA) is 29.9 Å². The lowest BCUT2D eigenvalue weighted by Gasteiger charge is -2.16. The van der Waals surface area contributed by atoms with E-state index in [9.17, 15) is 4.39 Å². The molecule has 0 radical (unpaired) electrons. The molecule has 0 aliphatic heterocycles. The molecule has 1 aromatic heterocycles. The maximum atomic E-state index is 13.5. The lowest BCUT2D eigenvalue weighted by molar-refractivity contribution is 0.581. The average Bonchev–Trinajstić information content (AvgIpc) is 2.70. The van der Waals surface area contributed by atoms with Crippen molar-refractivity contribution in [1.29, 1.82) is 0 Å². The van der Waals surface area contributed by atoms with Crippen LogP contribution in [-0.2, 0) is 13.5 Å². The van der Waals surface area contributed by atoms with E-state index in [-0.39, 0.29) is 16.9 Å². The minimum Gasteiger partial charge on any atom is -0.313 e. The second kappa shape index (κ2) is 5.72. The van der Waals surface area contributed by atoms with Crippen molar-refractivity contribution in [3.63, 3.8) is 0 Å². The van der Waals surface area contributed by atoms with Crippen molar-refractivity contribution in [2.45, 2.75) is 19.4 Å². The Kier molecular flexibility index (Phi) is 4.22. The Morgan fingerprint density at radius 1 is 1.47 bits per heavy atom. The van der Waals surface area contributed by atoms with E-state index in [1.807, 2.05) is 33.3 Å². The van der Waals surface area contributed by atoms with Gasteiger partial charge in [-0.3, -0.25) is 4.68 Å².